The molecule has 0 spiro atoms. The van der Waals surface area contributed by atoms with Gasteiger partial charge in [-0.25, -0.2) is 4.68 Å². The fraction of sp³-hybridized carbons (Fsp3) is 0.556. The summed E-state index contributed by atoms with van der Waals surface area (Å²) in [5.41, 5.74) is 1.11. The highest BCUT2D eigenvalue weighted by Crippen LogP contribution is 2.31. The van der Waals surface area contributed by atoms with E-state index in [1.54, 1.807) is 0 Å². The van der Waals surface area contributed by atoms with Crippen molar-refractivity contribution in [1.82, 2.24) is 25.1 Å². The quantitative estimate of drug-likeness (QED) is 0.750. The number of nitrogens with zero attached hydrogens (tertiary/aromatic N) is 5. The van der Waals surface area contributed by atoms with Gasteiger partial charge in [0.2, 0.25) is 11.1 Å². The summed E-state index contributed by atoms with van der Waals surface area (Å²) >= 11 is 1.43. The Kier molecular flexibility index (Phi) is 5.50. The van der Waals surface area contributed by atoms with Gasteiger partial charge in [0.25, 0.3) is 0 Å². The third kappa shape index (κ3) is 3.91. The van der Waals surface area contributed by atoms with Crippen LogP contribution in [-0.4, -0.2) is 56.5 Å². The molecule has 1 aliphatic heterocycles. The molecule has 1 aliphatic carbocycles. The van der Waals surface area contributed by atoms with Crippen LogP contribution >= 0.6 is 11.8 Å². The summed E-state index contributed by atoms with van der Waals surface area (Å²) in [6.45, 7) is 1.79. The molecule has 1 aromatic carbocycles. The van der Waals surface area contributed by atoms with E-state index in [1.165, 1.54) is 24.6 Å². The smallest absolute Gasteiger partial charge is 0.233 e. The summed E-state index contributed by atoms with van der Waals surface area (Å²) in [6.07, 6.45) is 4.64. The zero-order chi connectivity index (χ0) is 17.8. The minimum Gasteiger partial charge on any atom is -0.370 e. The van der Waals surface area contributed by atoms with E-state index < -0.39 is 0 Å². The average molecular weight is 373 g/mol. The molecule has 2 aromatic rings. The molecule has 1 amide bonds. The van der Waals surface area contributed by atoms with Crippen molar-refractivity contribution < 1.29 is 9.53 Å². The van der Waals surface area contributed by atoms with Crippen molar-refractivity contribution in [1.29, 1.82) is 0 Å². The Balaban J connectivity index is 1.34. The van der Waals surface area contributed by atoms with Gasteiger partial charge < -0.3 is 9.64 Å². The monoisotopic (exact) mass is 373 g/mol. The lowest BCUT2D eigenvalue weighted by atomic mass is 10.1. The van der Waals surface area contributed by atoms with Gasteiger partial charge in [-0.15, -0.1) is 5.10 Å². The summed E-state index contributed by atoms with van der Waals surface area (Å²) in [6, 6.07) is 10.5. The first-order valence-corrected chi connectivity index (χ1v) is 10.1. The first kappa shape index (κ1) is 17.5. The highest BCUT2D eigenvalue weighted by Gasteiger charge is 2.26. The number of hydrogen-bond donors (Lipinski definition) is 0. The van der Waals surface area contributed by atoms with E-state index in [-0.39, 0.29) is 12.0 Å². The predicted molar refractivity (Wildman–Crippen MR) is 97.8 cm³/mol. The fourth-order valence-electron chi connectivity index (χ4n) is 3.62. The lowest BCUT2D eigenvalue weighted by molar-refractivity contribution is -0.136. The molecule has 7 nitrogen and oxygen atoms in total. The Morgan fingerprint density at radius 2 is 2.04 bits per heavy atom. The first-order chi connectivity index (χ1) is 12.8. The molecule has 2 fully saturated rings. The molecule has 1 atom stereocenters. The van der Waals surface area contributed by atoms with Crippen molar-refractivity contribution in [3.8, 4) is 0 Å². The maximum absolute atomic E-state index is 12.7. The van der Waals surface area contributed by atoms with E-state index in [1.807, 2.05) is 39.9 Å². The lowest BCUT2D eigenvalue weighted by Crippen LogP contribution is -2.43. The van der Waals surface area contributed by atoms with Crippen LogP contribution < -0.4 is 0 Å². The largest absolute Gasteiger partial charge is 0.370 e. The third-order valence-electron chi connectivity index (χ3n) is 5.05. The molecular weight excluding hydrogens is 350 g/mol. The molecule has 1 saturated carbocycles. The van der Waals surface area contributed by atoms with E-state index in [2.05, 4.69) is 15.5 Å². The van der Waals surface area contributed by atoms with E-state index in [4.69, 9.17) is 4.74 Å². The molecule has 8 heteroatoms. The second-order valence-electron chi connectivity index (χ2n) is 6.74. The van der Waals surface area contributed by atoms with E-state index in [9.17, 15) is 4.79 Å². The zero-order valence-electron chi connectivity index (χ0n) is 14.7. The number of hydrogen-bond acceptors (Lipinski definition) is 6. The standard InChI is InChI=1S/C18H23N5O2S/c24-17(13-26-18-19-20-21-23(18)15-8-4-5-9-15)22-10-11-25-16(12-22)14-6-2-1-3-7-14/h1-3,6-7,15-16H,4-5,8-13H2. The van der Waals surface area contributed by atoms with E-state index in [0.717, 1.165) is 23.6 Å². The Labute approximate surface area is 157 Å². The number of ether oxygens (including phenoxy) is 1. The highest BCUT2D eigenvalue weighted by atomic mass is 32.2. The van der Waals surface area contributed by atoms with Crippen molar-refractivity contribution >= 4 is 17.7 Å². The Morgan fingerprint density at radius 3 is 2.85 bits per heavy atom. The molecule has 0 N–H and O–H groups in total. The fourth-order valence-corrected chi connectivity index (χ4v) is 4.47. The summed E-state index contributed by atoms with van der Waals surface area (Å²) in [7, 11) is 0. The van der Waals surface area contributed by atoms with Gasteiger partial charge in [0.1, 0.15) is 6.10 Å². The second-order valence-corrected chi connectivity index (χ2v) is 7.69. The molecule has 1 saturated heterocycles. The second kappa shape index (κ2) is 8.18. The molecule has 1 unspecified atom stereocenters. The molecule has 1 aromatic heterocycles. The van der Waals surface area contributed by atoms with Crippen LogP contribution in [0.4, 0.5) is 0 Å². The van der Waals surface area contributed by atoms with E-state index in [0.29, 0.717) is 31.5 Å². The zero-order valence-corrected chi connectivity index (χ0v) is 15.5. The first-order valence-electron chi connectivity index (χ1n) is 9.16. The van der Waals surface area contributed by atoms with Gasteiger partial charge >= 0.3 is 0 Å². The number of tetrazole rings is 1. The third-order valence-corrected chi connectivity index (χ3v) is 5.97. The number of benzene rings is 1. The van der Waals surface area contributed by atoms with Crippen LogP contribution in [0.15, 0.2) is 35.5 Å². The SMILES string of the molecule is O=C(CSc1nnnn1C1CCCC1)N1CCOC(c2ccccc2)C1. The number of rotatable bonds is 5. The number of thioether (sulfide) groups is 1. The number of aromatic nitrogens is 4. The van der Waals surface area contributed by atoms with Crippen LogP contribution in [0.25, 0.3) is 0 Å². The molecule has 2 heterocycles. The maximum Gasteiger partial charge on any atom is 0.233 e. The van der Waals surface area contributed by atoms with Crippen LogP contribution in [0.1, 0.15) is 43.4 Å². The summed E-state index contributed by atoms with van der Waals surface area (Å²) < 4.78 is 7.74. The number of carbonyl (C=O) groups excluding carboxylic acids is 1. The van der Waals surface area contributed by atoms with Crippen molar-refractivity contribution in [2.75, 3.05) is 25.4 Å². The predicted octanol–water partition coefficient (Wildman–Crippen LogP) is 2.48. The van der Waals surface area contributed by atoms with Gasteiger partial charge in [0.15, 0.2) is 0 Å². The van der Waals surface area contributed by atoms with Crippen molar-refractivity contribution in [3.05, 3.63) is 35.9 Å². The minimum atomic E-state index is -0.0530. The van der Waals surface area contributed by atoms with Gasteiger partial charge in [-0.2, -0.15) is 0 Å². The maximum atomic E-state index is 12.7. The molecule has 26 heavy (non-hydrogen) atoms. The van der Waals surface area contributed by atoms with E-state index >= 15 is 0 Å². The molecule has 0 bridgehead atoms. The minimum absolute atomic E-state index is 0.0530. The highest BCUT2D eigenvalue weighted by molar-refractivity contribution is 7.99. The van der Waals surface area contributed by atoms with Crippen molar-refractivity contribution in [3.63, 3.8) is 0 Å². The summed E-state index contributed by atoms with van der Waals surface area (Å²) in [5.74, 6) is 0.467. The Morgan fingerprint density at radius 1 is 1.23 bits per heavy atom. The van der Waals surface area contributed by atoms with Gasteiger partial charge in [-0.05, 0) is 28.8 Å². The Bertz CT molecular complexity index is 732. The van der Waals surface area contributed by atoms with Crippen LogP contribution in [0.5, 0.6) is 0 Å². The van der Waals surface area contributed by atoms with Crippen LogP contribution in [-0.2, 0) is 9.53 Å². The van der Waals surface area contributed by atoms with Crippen LogP contribution in [0.3, 0.4) is 0 Å². The average Bonchev–Trinajstić information content (AvgIpc) is 3.38. The summed E-state index contributed by atoms with van der Waals surface area (Å²) in [4.78, 5) is 14.6. The van der Waals surface area contributed by atoms with Gasteiger partial charge in [0, 0.05) is 6.54 Å². The molecular formula is C18H23N5O2S. The van der Waals surface area contributed by atoms with Gasteiger partial charge in [0.05, 0.1) is 24.9 Å². The molecule has 138 valence electrons. The normalized spacial score (nSPS) is 21.2. The van der Waals surface area contributed by atoms with Crippen molar-refractivity contribution in [2.24, 2.45) is 0 Å². The number of morpholine rings is 1. The van der Waals surface area contributed by atoms with Crippen LogP contribution in [0, 0.1) is 0 Å². The summed E-state index contributed by atoms with van der Waals surface area (Å²) in [5, 5.41) is 12.8. The topological polar surface area (TPSA) is 73.1 Å². The molecule has 4 rings (SSSR count). The van der Waals surface area contributed by atoms with Crippen LogP contribution in [0.2, 0.25) is 0 Å². The lowest BCUT2D eigenvalue weighted by Gasteiger charge is -2.33. The molecule has 0 radical (unpaired) electrons. The van der Waals surface area contributed by atoms with Gasteiger partial charge in [-0.1, -0.05) is 54.9 Å². The molecule has 2 aliphatic rings. The Hall–Kier alpha value is -1.93. The number of amides is 1. The van der Waals surface area contributed by atoms with Crippen molar-refractivity contribution in [2.45, 2.75) is 43.0 Å². The number of carbonyl (C=O) groups is 1. The van der Waals surface area contributed by atoms with Gasteiger partial charge in [-0.3, -0.25) is 4.79 Å².